The van der Waals surface area contributed by atoms with Gasteiger partial charge in [-0.05, 0) is 12.5 Å². The van der Waals surface area contributed by atoms with Gasteiger partial charge in [-0.15, -0.1) is 0 Å². The fraction of sp³-hybridized carbons (Fsp3) is 0.286. The molecule has 124 valence electrons. The molecule has 0 saturated heterocycles. The zero-order chi connectivity index (χ0) is 17.3. The summed E-state index contributed by atoms with van der Waals surface area (Å²) in [7, 11) is 0. The lowest BCUT2D eigenvalue weighted by molar-refractivity contribution is -0.384. The highest BCUT2D eigenvalue weighted by molar-refractivity contribution is 5.98. The van der Waals surface area contributed by atoms with E-state index in [0.717, 1.165) is 0 Å². The minimum Gasteiger partial charge on any atom is -0.326 e. The second-order valence-corrected chi connectivity index (χ2v) is 5.46. The van der Waals surface area contributed by atoms with Crippen LogP contribution < -0.4 is 10.6 Å². The van der Waals surface area contributed by atoms with Crippen molar-refractivity contribution in [1.82, 2.24) is 14.8 Å². The van der Waals surface area contributed by atoms with Crippen molar-refractivity contribution in [3.05, 3.63) is 40.2 Å². The topological polar surface area (TPSA) is 132 Å². The Morgan fingerprint density at radius 2 is 2.33 bits per heavy atom. The van der Waals surface area contributed by atoms with Gasteiger partial charge >= 0.3 is 0 Å². The van der Waals surface area contributed by atoms with Crippen molar-refractivity contribution in [2.24, 2.45) is 5.92 Å². The highest BCUT2D eigenvalue weighted by Gasteiger charge is 2.29. The molecule has 3 rings (SSSR count). The van der Waals surface area contributed by atoms with Crippen LogP contribution in [-0.2, 0) is 16.1 Å². The van der Waals surface area contributed by atoms with E-state index in [2.05, 4.69) is 20.7 Å². The summed E-state index contributed by atoms with van der Waals surface area (Å²) in [5.41, 5.74) is 0.936. The number of nitrogens with one attached hydrogen (secondary N) is 2. The average Bonchev–Trinajstić information content (AvgIpc) is 2.96. The molecule has 0 spiro atoms. The van der Waals surface area contributed by atoms with Gasteiger partial charge in [0.1, 0.15) is 6.33 Å². The molecule has 0 aliphatic carbocycles. The number of non-ortho nitro benzene ring substituents is 1. The van der Waals surface area contributed by atoms with Crippen molar-refractivity contribution < 1.29 is 14.5 Å². The minimum atomic E-state index is -0.585. The summed E-state index contributed by atoms with van der Waals surface area (Å²) in [6.07, 6.45) is 1.26. The largest absolute Gasteiger partial charge is 0.326 e. The van der Waals surface area contributed by atoms with Crippen molar-refractivity contribution in [2.75, 3.05) is 10.6 Å². The van der Waals surface area contributed by atoms with Crippen LogP contribution in [-0.4, -0.2) is 31.5 Å². The number of rotatable bonds is 4. The summed E-state index contributed by atoms with van der Waals surface area (Å²) in [5, 5.41) is 20.0. The van der Waals surface area contributed by atoms with Gasteiger partial charge in [0.25, 0.3) is 5.69 Å². The van der Waals surface area contributed by atoms with Crippen LogP contribution in [0.4, 0.5) is 17.3 Å². The molecule has 10 heteroatoms. The molecule has 2 N–H and O–H groups in total. The van der Waals surface area contributed by atoms with Crippen LogP contribution in [0.5, 0.6) is 0 Å². The van der Waals surface area contributed by atoms with Crippen molar-refractivity contribution in [2.45, 2.75) is 19.9 Å². The van der Waals surface area contributed by atoms with E-state index in [4.69, 9.17) is 0 Å². The first kappa shape index (κ1) is 15.6. The summed E-state index contributed by atoms with van der Waals surface area (Å²) in [4.78, 5) is 38.4. The van der Waals surface area contributed by atoms with Gasteiger partial charge in [-0.1, -0.05) is 6.07 Å². The minimum absolute atomic E-state index is 0.0622. The molecule has 0 bridgehead atoms. The fourth-order valence-corrected chi connectivity index (χ4v) is 2.44. The van der Waals surface area contributed by atoms with Crippen molar-refractivity contribution in [3.8, 4) is 0 Å². The number of anilines is 2. The van der Waals surface area contributed by atoms with Gasteiger partial charge in [-0.2, -0.15) is 10.1 Å². The van der Waals surface area contributed by atoms with Gasteiger partial charge in [0.05, 0.1) is 23.1 Å². The first-order chi connectivity index (χ1) is 11.4. The number of aromatic nitrogens is 3. The number of fused-ring (bicyclic) bond motifs is 1. The Bertz CT molecular complexity index is 830. The van der Waals surface area contributed by atoms with Crippen LogP contribution >= 0.6 is 0 Å². The number of benzene rings is 1. The maximum absolute atomic E-state index is 12.2. The predicted molar refractivity (Wildman–Crippen MR) is 83.2 cm³/mol. The van der Waals surface area contributed by atoms with Crippen LogP contribution in [0.15, 0.2) is 24.5 Å². The Balaban J connectivity index is 1.69. The van der Waals surface area contributed by atoms with Crippen LogP contribution in [0.25, 0.3) is 0 Å². The number of hydrogen-bond acceptors (Lipinski definition) is 6. The number of carbonyl (C=O) groups excluding carboxylic acids is 2. The van der Waals surface area contributed by atoms with Crippen LogP contribution in [0.1, 0.15) is 12.0 Å². The molecule has 0 unspecified atom stereocenters. The Morgan fingerprint density at radius 1 is 1.54 bits per heavy atom. The fourth-order valence-electron chi connectivity index (χ4n) is 2.44. The third-order valence-corrected chi connectivity index (χ3v) is 3.75. The quantitative estimate of drug-likeness (QED) is 0.637. The SMILES string of the molecule is Cc1ccc([N+](=O)[O-])cc1NC(=O)C[C@H]1Cn2ncnc2NC1=O. The van der Waals surface area contributed by atoms with Crippen molar-refractivity contribution >= 4 is 29.1 Å². The Labute approximate surface area is 136 Å². The summed E-state index contributed by atoms with van der Waals surface area (Å²) in [6, 6.07) is 4.22. The molecule has 1 aliphatic rings. The van der Waals surface area contributed by atoms with E-state index in [1.54, 1.807) is 13.0 Å². The highest BCUT2D eigenvalue weighted by Crippen LogP contribution is 2.23. The summed E-state index contributed by atoms with van der Waals surface area (Å²) >= 11 is 0. The molecule has 1 aromatic carbocycles. The van der Waals surface area contributed by atoms with Gasteiger partial charge < -0.3 is 5.32 Å². The zero-order valence-electron chi connectivity index (χ0n) is 12.7. The molecule has 0 fully saturated rings. The molecule has 1 aliphatic heterocycles. The van der Waals surface area contributed by atoms with Crippen LogP contribution in [0.3, 0.4) is 0 Å². The van der Waals surface area contributed by atoms with Gasteiger partial charge in [0, 0.05) is 18.6 Å². The number of amides is 2. The summed E-state index contributed by atoms with van der Waals surface area (Å²) in [5.74, 6) is -0.937. The van der Waals surface area contributed by atoms with E-state index in [1.165, 1.54) is 23.1 Å². The monoisotopic (exact) mass is 330 g/mol. The maximum Gasteiger partial charge on any atom is 0.271 e. The van der Waals surface area contributed by atoms with E-state index in [1.807, 2.05) is 0 Å². The first-order valence-corrected chi connectivity index (χ1v) is 7.17. The molecule has 10 nitrogen and oxygen atoms in total. The molecule has 0 saturated carbocycles. The lowest BCUT2D eigenvalue weighted by atomic mass is 10.0. The zero-order valence-corrected chi connectivity index (χ0v) is 12.7. The van der Waals surface area contributed by atoms with Gasteiger partial charge in [-0.3, -0.25) is 25.0 Å². The van der Waals surface area contributed by atoms with E-state index in [0.29, 0.717) is 17.2 Å². The van der Waals surface area contributed by atoms with Gasteiger partial charge in [0.2, 0.25) is 17.8 Å². The van der Waals surface area contributed by atoms with E-state index >= 15 is 0 Å². The third-order valence-electron chi connectivity index (χ3n) is 3.75. The van der Waals surface area contributed by atoms with Crippen LogP contribution in [0, 0.1) is 23.0 Å². The van der Waals surface area contributed by atoms with E-state index in [-0.39, 0.29) is 24.6 Å². The van der Waals surface area contributed by atoms with E-state index in [9.17, 15) is 19.7 Å². The second kappa shape index (κ2) is 6.07. The number of hydrogen-bond donors (Lipinski definition) is 2. The third kappa shape index (κ3) is 3.07. The lowest BCUT2D eigenvalue weighted by Gasteiger charge is -2.21. The smallest absolute Gasteiger partial charge is 0.271 e. The summed E-state index contributed by atoms with van der Waals surface area (Å²) in [6.45, 7) is 1.98. The first-order valence-electron chi connectivity index (χ1n) is 7.17. The van der Waals surface area contributed by atoms with Crippen molar-refractivity contribution in [3.63, 3.8) is 0 Å². The Kier molecular flexibility index (Phi) is 3.94. The molecule has 2 heterocycles. The Morgan fingerprint density at radius 3 is 3.08 bits per heavy atom. The molecule has 0 radical (unpaired) electrons. The van der Waals surface area contributed by atoms with Gasteiger partial charge in [0.15, 0.2) is 0 Å². The predicted octanol–water partition coefficient (Wildman–Crippen LogP) is 1.09. The van der Waals surface area contributed by atoms with Crippen LogP contribution in [0.2, 0.25) is 0 Å². The number of carbonyl (C=O) groups is 2. The molecule has 1 atom stereocenters. The maximum atomic E-state index is 12.2. The molecular weight excluding hydrogens is 316 g/mol. The normalized spacial score (nSPS) is 16.2. The number of nitro groups is 1. The molecule has 2 amide bonds. The second-order valence-electron chi connectivity index (χ2n) is 5.46. The summed E-state index contributed by atoms with van der Waals surface area (Å²) < 4.78 is 1.51. The molecule has 1 aromatic heterocycles. The standard InChI is InChI=1S/C14H14N6O4/c1-8-2-3-10(20(23)24)5-11(8)17-12(21)4-9-6-19-14(15-7-16-19)18-13(9)22/h2-3,5,7,9H,4,6H2,1H3,(H,17,21)(H,15,16,18,22)/t9-/m0/s1. The molecule has 24 heavy (non-hydrogen) atoms. The Hall–Kier alpha value is -3.30. The number of nitrogens with zero attached hydrogens (tertiary/aromatic N) is 4. The van der Waals surface area contributed by atoms with Gasteiger partial charge in [-0.25, -0.2) is 4.68 Å². The number of aryl methyl sites for hydroxylation is 1. The molecule has 2 aromatic rings. The average molecular weight is 330 g/mol. The molecular formula is C14H14N6O4. The number of nitro benzene ring substituents is 1. The highest BCUT2D eigenvalue weighted by atomic mass is 16.6. The van der Waals surface area contributed by atoms with E-state index < -0.39 is 16.7 Å². The lowest BCUT2D eigenvalue weighted by Crippen LogP contribution is -2.36. The van der Waals surface area contributed by atoms with Crippen molar-refractivity contribution in [1.29, 1.82) is 0 Å².